The molecule has 1 aromatic heterocycles. The van der Waals surface area contributed by atoms with Crippen molar-refractivity contribution in [3.8, 4) is 0 Å². The van der Waals surface area contributed by atoms with E-state index >= 15 is 0 Å². The van der Waals surface area contributed by atoms with Crippen LogP contribution < -0.4 is 0 Å². The van der Waals surface area contributed by atoms with Crippen LogP contribution in [0.5, 0.6) is 0 Å². The van der Waals surface area contributed by atoms with Crippen LogP contribution in [0.3, 0.4) is 0 Å². The van der Waals surface area contributed by atoms with Crippen LogP contribution in [0.25, 0.3) is 6.08 Å². The zero-order chi connectivity index (χ0) is 8.97. The Morgan fingerprint density at radius 3 is 2.83 bits per heavy atom. The summed E-state index contributed by atoms with van der Waals surface area (Å²) in [4.78, 5) is 13.9. The molecule has 1 heterocycles. The molecule has 0 N–H and O–H groups in total. The van der Waals surface area contributed by atoms with Gasteiger partial charge in [0.1, 0.15) is 0 Å². The molecule has 0 saturated carbocycles. The minimum atomic E-state index is -0.519. The maximum atomic E-state index is 12.3. The summed E-state index contributed by atoms with van der Waals surface area (Å²) >= 11 is 0. The van der Waals surface area contributed by atoms with Gasteiger partial charge in [0.2, 0.25) is 5.95 Å². The van der Waals surface area contributed by atoms with Crippen molar-refractivity contribution < 1.29 is 9.18 Å². The van der Waals surface area contributed by atoms with E-state index in [9.17, 15) is 9.18 Å². The largest absolute Gasteiger partial charge is 0.295 e. The summed E-state index contributed by atoms with van der Waals surface area (Å²) < 4.78 is 12.3. The van der Waals surface area contributed by atoms with Gasteiger partial charge in [-0.15, -0.1) is 0 Å². The Morgan fingerprint density at radius 1 is 1.58 bits per heavy atom. The van der Waals surface area contributed by atoms with Gasteiger partial charge in [0, 0.05) is 6.20 Å². The molecular weight excluding hydrogens is 157 g/mol. The van der Waals surface area contributed by atoms with Crippen molar-refractivity contribution in [1.29, 1.82) is 0 Å². The Balaban J connectivity index is 2.77. The molecule has 0 aliphatic carbocycles. The number of aromatic nitrogens is 1. The highest BCUT2D eigenvalue weighted by molar-refractivity contribution is 5.91. The van der Waals surface area contributed by atoms with Crippen LogP contribution in [0, 0.1) is 5.95 Å². The molecule has 0 fully saturated rings. The normalized spacial score (nSPS) is 10.5. The average molecular weight is 165 g/mol. The summed E-state index contributed by atoms with van der Waals surface area (Å²) in [5, 5.41) is 0. The van der Waals surface area contributed by atoms with Crippen LogP contribution in [0.4, 0.5) is 4.39 Å². The third-order valence-electron chi connectivity index (χ3n) is 1.26. The van der Waals surface area contributed by atoms with Gasteiger partial charge < -0.3 is 0 Å². The summed E-state index contributed by atoms with van der Waals surface area (Å²) in [6, 6.07) is 2.81. The molecule has 0 amide bonds. The van der Waals surface area contributed by atoms with Crippen molar-refractivity contribution in [3.05, 3.63) is 35.9 Å². The van der Waals surface area contributed by atoms with E-state index in [2.05, 4.69) is 4.98 Å². The first-order valence-corrected chi connectivity index (χ1v) is 3.48. The minimum absolute atomic E-state index is 0.0423. The lowest BCUT2D eigenvalue weighted by atomic mass is 10.2. The van der Waals surface area contributed by atoms with Crippen molar-refractivity contribution in [2.45, 2.75) is 6.92 Å². The Kier molecular flexibility index (Phi) is 2.69. The molecule has 3 heteroatoms. The van der Waals surface area contributed by atoms with E-state index in [1.54, 1.807) is 12.1 Å². The molecule has 1 rings (SSSR count). The highest BCUT2D eigenvalue weighted by Gasteiger charge is 1.90. The molecule has 2 nitrogen and oxygen atoms in total. The van der Waals surface area contributed by atoms with Gasteiger partial charge in [-0.1, -0.05) is 0 Å². The fourth-order valence-electron chi connectivity index (χ4n) is 0.699. The molecule has 0 aromatic carbocycles. The van der Waals surface area contributed by atoms with Gasteiger partial charge >= 0.3 is 0 Å². The first kappa shape index (κ1) is 8.59. The van der Waals surface area contributed by atoms with E-state index in [4.69, 9.17) is 0 Å². The monoisotopic (exact) mass is 165 g/mol. The molecule has 0 unspecified atom stereocenters. The molecular formula is C9H8FNO. The predicted octanol–water partition coefficient (Wildman–Crippen LogP) is 1.82. The third-order valence-corrected chi connectivity index (χ3v) is 1.26. The number of hydrogen-bond acceptors (Lipinski definition) is 2. The highest BCUT2D eigenvalue weighted by atomic mass is 19.1. The second-order valence-corrected chi connectivity index (χ2v) is 2.36. The zero-order valence-corrected chi connectivity index (χ0v) is 6.62. The summed E-state index contributed by atoms with van der Waals surface area (Å²) in [6.07, 6.45) is 4.37. The van der Waals surface area contributed by atoms with Crippen LogP contribution in [-0.2, 0) is 4.79 Å². The molecule has 0 saturated heterocycles. The SMILES string of the molecule is CC(=O)/C=C/c1ccc(F)nc1. The topological polar surface area (TPSA) is 30.0 Å². The molecule has 1 aromatic rings. The van der Waals surface area contributed by atoms with E-state index in [1.807, 2.05) is 0 Å². The summed E-state index contributed by atoms with van der Waals surface area (Å²) in [5.41, 5.74) is 0.714. The quantitative estimate of drug-likeness (QED) is 0.494. The van der Waals surface area contributed by atoms with Gasteiger partial charge in [0.25, 0.3) is 0 Å². The Morgan fingerprint density at radius 2 is 2.33 bits per heavy atom. The predicted molar refractivity (Wildman–Crippen MR) is 43.9 cm³/mol. The van der Waals surface area contributed by atoms with Crippen molar-refractivity contribution in [1.82, 2.24) is 4.98 Å². The van der Waals surface area contributed by atoms with E-state index in [1.165, 1.54) is 25.3 Å². The fourth-order valence-corrected chi connectivity index (χ4v) is 0.699. The maximum Gasteiger partial charge on any atom is 0.212 e. The second kappa shape index (κ2) is 3.76. The van der Waals surface area contributed by atoms with Crippen LogP contribution in [0.1, 0.15) is 12.5 Å². The number of rotatable bonds is 2. The van der Waals surface area contributed by atoms with E-state index in [0.29, 0.717) is 5.56 Å². The Labute approximate surface area is 69.7 Å². The van der Waals surface area contributed by atoms with E-state index in [-0.39, 0.29) is 5.78 Å². The number of pyridine rings is 1. The fraction of sp³-hybridized carbons (Fsp3) is 0.111. The van der Waals surface area contributed by atoms with Gasteiger partial charge in [0.05, 0.1) is 0 Å². The van der Waals surface area contributed by atoms with Crippen molar-refractivity contribution in [2.75, 3.05) is 0 Å². The van der Waals surface area contributed by atoms with Gasteiger partial charge in [-0.25, -0.2) is 4.98 Å². The standard InChI is InChI=1S/C9H8FNO/c1-7(12)2-3-8-4-5-9(10)11-6-8/h2-6H,1H3/b3-2+. The number of ketones is 1. The average Bonchev–Trinajstić information content (AvgIpc) is 2.03. The lowest BCUT2D eigenvalue weighted by Crippen LogP contribution is -1.83. The van der Waals surface area contributed by atoms with Crippen LogP contribution in [0.2, 0.25) is 0 Å². The number of nitrogens with zero attached hydrogens (tertiary/aromatic N) is 1. The van der Waals surface area contributed by atoms with E-state index < -0.39 is 5.95 Å². The molecule has 0 spiro atoms. The summed E-state index contributed by atoms with van der Waals surface area (Å²) in [5.74, 6) is -0.561. The molecule has 12 heavy (non-hydrogen) atoms. The second-order valence-electron chi connectivity index (χ2n) is 2.36. The first-order valence-electron chi connectivity index (χ1n) is 3.48. The number of carbonyl (C=O) groups excluding carboxylic acids is 1. The number of halogens is 1. The van der Waals surface area contributed by atoms with Crippen molar-refractivity contribution in [2.24, 2.45) is 0 Å². The molecule has 0 aliphatic rings. The van der Waals surface area contributed by atoms with Crippen LogP contribution in [0.15, 0.2) is 24.4 Å². The van der Waals surface area contributed by atoms with Gasteiger partial charge in [-0.3, -0.25) is 4.79 Å². The van der Waals surface area contributed by atoms with Gasteiger partial charge in [-0.05, 0) is 36.8 Å². The molecule has 0 radical (unpaired) electrons. The molecule has 0 aliphatic heterocycles. The highest BCUT2D eigenvalue weighted by Crippen LogP contribution is 2.00. The molecule has 0 atom stereocenters. The molecule has 62 valence electrons. The number of hydrogen-bond donors (Lipinski definition) is 0. The van der Waals surface area contributed by atoms with Crippen LogP contribution >= 0.6 is 0 Å². The van der Waals surface area contributed by atoms with Crippen molar-refractivity contribution >= 4 is 11.9 Å². The number of carbonyl (C=O) groups is 1. The minimum Gasteiger partial charge on any atom is -0.295 e. The lowest BCUT2D eigenvalue weighted by Gasteiger charge is -1.90. The smallest absolute Gasteiger partial charge is 0.212 e. The lowest BCUT2D eigenvalue weighted by molar-refractivity contribution is -0.112. The van der Waals surface area contributed by atoms with Crippen molar-refractivity contribution in [3.63, 3.8) is 0 Å². The Bertz CT molecular complexity index is 303. The van der Waals surface area contributed by atoms with Gasteiger partial charge in [0.15, 0.2) is 5.78 Å². The maximum absolute atomic E-state index is 12.3. The summed E-state index contributed by atoms with van der Waals surface area (Å²) in [7, 11) is 0. The third kappa shape index (κ3) is 2.62. The van der Waals surface area contributed by atoms with E-state index in [0.717, 1.165) is 0 Å². The zero-order valence-electron chi connectivity index (χ0n) is 6.62. The van der Waals surface area contributed by atoms with Crippen LogP contribution in [-0.4, -0.2) is 10.8 Å². The summed E-state index contributed by atoms with van der Waals surface area (Å²) in [6.45, 7) is 1.45. The first-order chi connectivity index (χ1) is 5.68. The van der Waals surface area contributed by atoms with Gasteiger partial charge in [-0.2, -0.15) is 4.39 Å². The number of allylic oxidation sites excluding steroid dienone is 1. The molecule has 0 bridgehead atoms. The Hall–Kier alpha value is -1.51.